The van der Waals surface area contributed by atoms with Crippen LogP contribution < -0.4 is 10.7 Å². The SMILES string of the molecule is C/C(=N\NC(=O)C(=O)Nc1ccc(C)cc1)C1Cc2ccccc2C(=O)O1. The molecule has 1 atom stereocenters. The molecule has 1 aliphatic heterocycles. The van der Waals surface area contributed by atoms with E-state index in [1.807, 2.05) is 31.2 Å². The zero-order valence-corrected chi connectivity index (χ0v) is 15.0. The molecule has 7 nitrogen and oxygen atoms in total. The van der Waals surface area contributed by atoms with Crippen LogP contribution in [0.1, 0.15) is 28.4 Å². The summed E-state index contributed by atoms with van der Waals surface area (Å²) in [4.78, 5) is 35.9. The lowest BCUT2D eigenvalue weighted by Crippen LogP contribution is -2.37. The first-order valence-electron chi connectivity index (χ1n) is 8.45. The van der Waals surface area contributed by atoms with Crippen LogP contribution in [0.2, 0.25) is 0 Å². The maximum atomic E-state index is 12.0. The minimum absolute atomic E-state index is 0.398. The summed E-state index contributed by atoms with van der Waals surface area (Å²) in [6.45, 7) is 3.55. The van der Waals surface area contributed by atoms with Gasteiger partial charge in [0.2, 0.25) is 0 Å². The normalized spacial score (nSPS) is 16.1. The van der Waals surface area contributed by atoms with Crippen LogP contribution in [0, 0.1) is 6.92 Å². The minimum atomic E-state index is -0.905. The lowest BCUT2D eigenvalue weighted by molar-refractivity contribution is -0.136. The zero-order chi connectivity index (χ0) is 19.4. The van der Waals surface area contributed by atoms with E-state index in [2.05, 4.69) is 15.8 Å². The van der Waals surface area contributed by atoms with Crippen LogP contribution in [-0.2, 0) is 20.7 Å². The molecule has 0 saturated heterocycles. The molecule has 1 aliphatic rings. The predicted molar refractivity (Wildman–Crippen MR) is 100 cm³/mol. The second kappa shape index (κ2) is 7.82. The van der Waals surface area contributed by atoms with Crippen molar-refractivity contribution in [3.8, 4) is 0 Å². The summed E-state index contributed by atoms with van der Waals surface area (Å²) in [5.74, 6) is -2.17. The number of aryl methyl sites for hydroxylation is 1. The van der Waals surface area contributed by atoms with E-state index in [9.17, 15) is 14.4 Å². The van der Waals surface area contributed by atoms with Crippen LogP contribution in [0.3, 0.4) is 0 Å². The van der Waals surface area contributed by atoms with Crippen molar-refractivity contribution < 1.29 is 19.1 Å². The van der Waals surface area contributed by atoms with Gasteiger partial charge in [-0.25, -0.2) is 10.2 Å². The predicted octanol–water partition coefficient (Wildman–Crippen LogP) is 2.21. The van der Waals surface area contributed by atoms with Gasteiger partial charge in [-0.15, -0.1) is 0 Å². The number of hydrogen-bond acceptors (Lipinski definition) is 5. The molecule has 2 aromatic rings. The summed E-state index contributed by atoms with van der Waals surface area (Å²) in [5.41, 5.74) is 5.54. The van der Waals surface area contributed by atoms with Gasteiger partial charge in [-0.05, 0) is 37.6 Å². The molecular formula is C20H19N3O4. The van der Waals surface area contributed by atoms with Gasteiger partial charge in [0.1, 0.15) is 6.10 Å². The number of anilines is 1. The number of esters is 1. The summed E-state index contributed by atoms with van der Waals surface area (Å²) < 4.78 is 5.35. The number of carbonyl (C=O) groups excluding carboxylic acids is 3. The summed E-state index contributed by atoms with van der Waals surface area (Å²) in [6, 6.07) is 14.2. The molecule has 1 heterocycles. The maximum Gasteiger partial charge on any atom is 0.339 e. The highest BCUT2D eigenvalue weighted by Crippen LogP contribution is 2.21. The van der Waals surface area contributed by atoms with E-state index in [1.165, 1.54) is 0 Å². The summed E-state index contributed by atoms with van der Waals surface area (Å²) in [6.07, 6.45) is -0.129. The Kier molecular flexibility index (Phi) is 5.30. The van der Waals surface area contributed by atoms with Crippen molar-refractivity contribution in [3.63, 3.8) is 0 Å². The molecule has 138 valence electrons. The number of hydrogen-bond donors (Lipinski definition) is 2. The largest absolute Gasteiger partial charge is 0.452 e. The number of nitrogens with zero attached hydrogens (tertiary/aromatic N) is 1. The Labute approximate surface area is 156 Å². The molecule has 0 spiro atoms. The second-order valence-corrected chi connectivity index (χ2v) is 6.27. The van der Waals surface area contributed by atoms with Gasteiger partial charge in [-0.3, -0.25) is 9.59 Å². The monoisotopic (exact) mass is 365 g/mol. The molecule has 3 rings (SSSR count). The fraction of sp³-hybridized carbons (Fsp3) is 0.200. The summed E-state index contributed by atoms with van der Waals surface area (Å²) in [5, 5.41) is 6.40. The van der Waals surface area contributed by atoms with Gasteiger partial charge in [-0.2, -0.15) is 5.10 Å². The van der Waals surface area contributed by atoms with Gasteiger partial charge in [0.15, 0.2) is 0 Å². The lowest BCUT2D eigenvalue weighted by atomic mass is 9.97. The van der Waals surface area contributed by atoms with Crippen molar-refractivity contribution in [2.24, 2.45) is 5.10 Å². The van der Waals surface area contributed by atoms with Crippen LogP contribution in [-0.4, -0.2) is 29.6 Å². The number of carbonyl (C=O) groups is 3. The van der Waals surface area contributed by atoms with Crippen molar-refractivity contribution in [2.75, 3.05) is 5.32 Å². The van der Waals surface area contributed by atoms with Gasteiger partial charge >= 0.3 is 17.8 Å². The van der Waals surface area contributed by atoms with Crippen molar-refractivity contribution in [3.05, 3.63) is 65.2 Å². The highest BCUT2D eigenvalue weighted by atomic mass is 16.5. The third-order valence-electron chi connectivity index (χ3n) is 4.21. The first-order chi connectivity index (χ1) is 12.9. The molecule has 1 unspecified atom stereocenters. The standard InChI is InChI=1S/C20H19N3O4/c1-12-7-9-15(10-8-12)21-18(24)19(25)23-22-13(2)17-11-14-5-3-4-6-16(14)20(26)27-17/h3-10,17H,11H2,1-2H3,(H,21,24)(H,23,25)/b22-13+. The Balaban J connectivity index is 1.60. The number of hydrazone groups is 1. The quantitative estimate of drug-likeness (QED) is 0.377. The molecule has 0 bridgehead atoms. The summed E-state index contributed by atoms with van der Waals surface area (Å²) in [7, 11) is 0. The maximum absolute atomic E-state index is 12.0. The van der Waals surface area contributed by atoms with Gasteiger partial charge in [0.25, 0.3) is 0 Å². The fourth-order valence-electron chi connectivity index (χ4n) is 2.65. The Hall–Kier alpha value is -3.48. The van der Waals surface area contributed by atoms with Crippen molar-refractivity contribution >= 4 is 29.2 Å². The first-order valence-corrected chi connectivity index (χ1v) is 8.45. The smallest absolute Gasteiger partial charge is 0.339 e. The highest BCUT2D eigenvalue weighted by Gasteiger charge is 2.28. The van der Waals surface area contributed by atoms with Crippen LogP contribution >= 0.6 is 0 Å². The number of nitrogens with one attached hydrogen (secondary N) is 2. The molecule has 2 N–H and O–H groups in total. The molecule has 27 heavy (non-hydrogen) atoms. The number of cyclic esters (lactones) is 1. The molecule has 0 radical (unpaired) electrons. The third-order valence-corrected chi connectivity index (χ3v) is 4.21. The Bertz CT molecular complexity index is 919. The van der Waals surface area contributed by atoms with Crippen LogP contribution in [0.5, 0.6) is 0 Å². The lowest BCUT2D eigenvalue weighted by Gasteiger charge is -2.24. The number of benzene rings is 2. The molecule has 0 fully saturated rings. The molecule has 2 amide bonds. The van der Waals surface area contributed by atoms with E-state index in [0.717, 1.165) is 11.1 Å². The second-order valence-electron chi connectivity index (χ2n) is 6.27. The van der Waals surface area contributed by atoms with Gasteiger partial charge in [0, 0.05) is 12.1 Å². The average Bonchev–Trinajstić information content (AvgIpc) is 2.67. The molecular weight excluding hydrogens is 346 g/mol. The van der Waals surface area contributed by atoms with E-state index < -0.39 is 23.9 Å². The van der Waals surface area contributed by atoms with Crippen LogP contribution in [0.25, 0.3) is 0 Å². The van der Waals surface area contributed by atoms with E-state index in [1.54, 1.807) is 31.2 Å². The van der Waals surface area contributed by atoms with E-state index in [4.69, 9.17) is 4.74 Å². The van der Waals surface area contributed by atoms with E-state index in [-0.39, 0.29) is 0 Å². The van der Waals surface area contributed by atoms with Crippen LogP contribution in [0.4, 0.5) is 5.69 Å². The topological polar surface area (TPSA) is 96.9 Å². The zero-order valence-electron chi connectivity index (χ0n) is 15.0. The Morgan fingerprint density at radius 2 is 1.78 bits per heavy atom. The van der Waals surface area contributed by atoms with Gasteiger partial charge in [-0.1, -0.05) is 35.9 Å². The first kappa shape index (κ1) is 18.3. The van der Waals surface area contributed by atoms with E-state index >= 15 is 0 Å². The highest BCUT2D eigenvalue weighted by molar-refractivity contribution is 6.39. The molecule has 0 saturated carbocycles. The van der Waals surface area contributed by atoms with Crippen molar-refractivity contribution in [1.82, 2.24) is 5.43 Å². The number of amides is 2. The average molecular weight is 365 g/mol. The van der Waals surface area contributed by atoms with Crippen LogP contribution in [0.15, 0.2) is 53.6 Å². The fourth-order valence-corrected chi connectivity index (χ4v) is 2.65. The van der Waals surface area contributed by atoms with Crippen molar-refractivity contribution in [2.45, 2.75) is 26.4 Å². The molecule has 0 aromatic heterocycles. The molecule has 2 aromatic carbocycles. The number of rotatable bonds is 3. The number of ether oxygens (including phenoxy) is 1. The van der Waals surface area contributed by atoms with Gasteiger partial charge in [0.05, 0.1) is 11.3 Å². The minimum Gasteiger partial charge on any atom is -0.452 e. The van der Waals surface area contributed by atoms with E-state index in [0.29, 0.717) is 23.4 Å². The molecule has 0 aliphatic carbocycles. The molecule has 7 heteroatoms. The summed E-state index contributed by atoms with van der Waals surface area (Å²) >= 11 is 0. The van der Waals surface area contributed by atoms with Gasteiger partial charge < -0.3 is 10.1 Å². The third kappa shape index (κ3) is 4.38. The Morgan fingerprint density at radius 1 is 1.07 bits per heavy atom. The van der Waals surface area contributed by atoms with Crippen molar-refractivity contribution in [1.29, 1.82) is 0 Å². The number of fused-ring (bicyclic) bond motifs is 1. The Morgan fingerprint density at radius 3 is 2.52 bits per heavy atom.